The molecule has 4 rings (SSSR count). The number of nitrogens with zero attached hydrogens (tertiary/aromatic N) is 3. The standard InChI is InChI=1S/C17H18FN3O2S/c1-10-16(24-20-19-10)17(22)21-13-5-2-11(8-13)15(21)9-23-14-6-3-12(18)4-7-14/h3-4,6-7,11,13,15H,2,5,8-9H2,1H3/t11-,13-,15+/m1/s1. The number of carbonyl (C=O) groups is 1. The summed E-state index contributed by atoms with van der Waals surface area (Å²) in [5.41, 5.74) is 0.686. The lowest BCUT2D eigenvalue weighted by molar-refractivity contribution is 0.0509. The monoisotopic (exact) mass is 347 g/mol. The van der Waals surface area contributed by atoms with E-state index in [0.717, 1.165) is 30.8 Å². The normalized spacial score (nSPS) is 25.2. The lowest BCUT2D eigenvalue weighted by Gasteiger charge is -2.34. The summed E-state index contributed by atoms with van der Waals surface area (Å²) < 4.78 is 22.7. The highest BCUT2D eigenvalue weighted by atomic mass is 32.1. The molecule has 0 spiro atoms. The van der Waals surface area contributed by atoms with Gasteiger partial charge in [0.05, 0.1) is 11.7 Å². The number of benzene rings is 1. The number of piperidine rings is 1. The maximum absolute atomic E-state index is 13.0. The van der Waals surface area contributed by atoms with Crippen LogP contribution >= 0.6 is 11.5 Å². The molecule has 1 aliphatic carbocycles. The van der Waals surface area contributed by atoms with E-state index in [0.29, 0.717) is 28.8 Å². The zero-order chi connectivity index (χ0) is 16.7. The molecule has 2 bridgehead atoms. The van der Waals surface area contributed by atoms with Gasteiger partial charge in [0.15, 0.2) is 0 Å². The molecule has 1 amide bonds. The summed E-state index contributed by atoms with van der Waals surface area (Å²) in [6.07, 6.45) is 3.22. The zero-order valence-corrected chi connectivity index (χ0v) is 14.1. The van der Waals surface area contributed by atoms with E-state index in [1.54, 1.807) is 12.1 Å². The molecule has 2 heterocycles. The highest BCUT2D eigenvalue weighted by Gasteiger charge is 2.49. The molecule has 2 fully saturated rings. The molecule has 0 unspecified atom stereocenters. The van der Waals surface area contributed by atoms with E-state index in [1.807, 2.05) is 11.8 Å². The minimum atomic E-state index is -0.285. The first-order valence-electron chi connectivity index (χ1n) is 8.13. The fourth-order valence-electron chi connectivity index (χ4n) is 3.88. The molecule has 5 nitrogen and oxygen atoms in total. The number of halogens is 1. The van der Waals surface area contributed by atoms with Crippen molar-refractivity contribution < 1.29 is 13.9 Å². The first kappa shape index (κ1) is 15.5. The van der Waals surface area contributed by atoms with E-state index in [1.165, 1.54) is 12.1 Å². The molecule has 3 atom stereocenters. The molecular formula is C17H18FN3O2S. The summed E-state index contributed by atoms with van der Waals surface area (Å²) in [6.45, 7) is 2.25. The minimum Gasteiger partial charge on any atom is -0.491 e. The molecule has 2 aliphatic rings. The van der Waals surface area contributed by atoms with Gasteiger partial charge in [-0.15, -0.1) is 5.10 Å². The maximum Gasteiger partial charge on any atom is 0.268 e. The van der Waals surface area contributed by atoms with E-state index in [-0.39, 0.29) is 23.8 Å². The van der Waals surface area contributed by atoms with Crippen molar-refractivity contribution >= 4 is 17.4 Å². The van der Waals surface area contributed by atoms with Gasteiger partial charge in [-0.3, -0.25) is 4.79 Å². The molecule has 2 aromatic rings. The van der Waals surface area contributed by atoms with E-state index < -0.39 is 0 Å². The maximum atomic E-state index is 13.0. The summed E-state index contributed by atoms with van der Waals surface area (Å²) in [5, 5.41) is 3.95. The molecule has 0 radical (unpaired) electrons. The average Bonchev–Trinajstić information content (AvgIpc) is 3.29. The van der Waals surface area contributed by atoms with Crippen molar-refractivity contribution in [3.8, 4) is 5.75 Å². The number of aryl methyl sites for hydroxylation is 1. The molecule has 0 N–H and O–H groups in total. The molecule has 1 aromatic carbocycles. The molecule has 24 heavy (non-hydrogen) atoms. The second-order valence-electron chi connectivity index (χ2n) is 6.46. The van der Waals surface area contributed by atoms with Gasteiger partial charge in [0.1, 0.15) is 23.1 Å². The van der Waals surface area contributed by atoms with E-state index in [9.17, 15) is 9.18 Å². The van der Waals surface area contributed by atoms with Crippen LogP contribution in [0.4, 0.5) is 4.39 Å². The van der Waals surface area contributed by atoms with Crippen LogP contribution in [0.25, 0.3) is 0 Å². The fraction of sp³-hybridized carbons (Fsp3) is 0.471. The highest BCUT2D eigenvalue weighted by Crippen LogP contribution is 2.43. The number of rotatable bonds is 4. The Morgan fingerprint density at radius 2 is 2.17 bits per heavy atom. The number of amides is 1. The van der Waals surface area contributed by atoms with Crippen molar-refractivity contribution in [3.05, 3.63) is 40.7 Å². The van der Waals surface area contributed by atoms with Crippen molar-refractivity contribution in [1.82, 2.24) is 14.5 Å². The lowest BCUT2D eigenvalue weighted by atomic mass is 9.99. The number of ether oxygens (including phenoxy) is 1. The molecule has 1 saturated heterocycles. The van der Waals surface area contributed by atoms with Crippen molar-refractivity contribution in [2.45, 2.75) is 38.3 Å². The van der Waals surface area contributed by atoms with Crippen LogP contribution < -0.4 is 4.74 Å². The lowest BCUT2D eigenvalue weighted by Crippen LogP contribution is -2.47. The predicted octanol–water partition coefficient (Wildman–Crippen LogP) is 3.06. The van der Waals surface area contributed by atoms with Crippen LogP contribution in [0, 0.1) is 18.7 Å². The van der Waals surface area contributed by atoms with Gasteiger partial charge in [-0.05, 0) is 67.9 Å². The third-order valence-electron chi connectivity index (χ3n) is 5.06. The van der Waals surface area contributed by atoms with Gasteiger partial charge in [-0.2, -0.15) is 0 Å². The van der Waals surface area contributed by atoms with Gasteiger partial charge < -0.3 is 9.64 Å². The van der Waals surface area contributed by atoms with Crippen molar-refractivity contribution in [2.75, 3.05) is 6.61 Å². The van der Waals surface area contributed by atoms with Crippen LogP contribution in [0.3, 0.4) is 0 Å². The van der Waals surface area contributed by atoms with E-state index in [2.05, 4.69) is 9.59 Å². The quantitative estimate of drug-likeness (QED) is 0.853. The summed E-state index contributed by atoms with van der Waals surface area (Å²) in [6, 6.07) is 6.34. The molecule has 7 heteroatoms. The molecule has 1 saturated carbocycles. The average molecular weight is 347 g/mol. The van der Waals surface area contributed by atoms with Crippen molar-refractivity contribution in [1.29, 1.82) is 0 Å². The fourth-order valence-corrected chi connectivity index (χ4v) is 4.48. The number of likely N-dealkylation sites (tertiary alicyclic amines) is 1. The SMILES string of the molecule is Cc1nnsc1C(=O)N1[C@@H]2CC[C@H](C2)[C@@H]1COc1ccc(F)cc1. The van der Waals surface area contributed by atoms with Gasteiger partial charge in [0.2, 0.25) is 0 Å². The van der Waals surface area contributed by atoms with E-state index >= 15 is 0 Å². The highest BCUT2D eigenvalue weighted by molar-refractivity contribution is 7.07. The van der Waals surface area contributed by atoms with Crippen LogP contribution in [0.5, 0.6) is 5.75 Å². The number of hydrogen-bond donors (Lipinski definition) is 0. The van der Waals surface area contributed by atoms with Crippen molar-refractivity contribution in [3.63, 3.8) is 0 Å². The van der Waals surface area contributed by atoms with Crippen LogP contribution in [0.1, 0.15) is 34.6 Å². The minimum absolute atomic E-state index is 0.0161. The second-order valence-corrected chi connectivity index (χ2v) is 7.21. The molecular weight excluding hydrogens is 329 g/mol. The largest absolute Gasteiger partial charge is 0.491 e. The third-order valence-corrected chi connectivity index (χ3v) is 5.87. The number of aromatic nitrogens is 2. The Morgan fingerprint density at radius 3 is 2.88 bits per heavy atom. The zero-order valence-electron chi connectivity index (χ0n) is 13.3. The van der Waals surface area contributed by atoms with Gasteiger partial charge in [0.25, 0.3) is 5.91 Å². The van der Waals surface area contributed by atoms with Gasteiger partial charge in [0, 0.05) is 6.04 Å². The van der Waals surface area contributed by atoms with Crippen LogP contribution in [0.15, 0.2) is 24.3 Å². The second kappa shape index (κ2) is 6.12. The molecule has 126 valence electrons. The Bertz CT molecular complexity index is 749. The van der Waals surface area contributed by atoms with Crippen molar-refractivity contribution in [2.24, 2.45) is 5.92 Å². The summed E-state index contributed by atoms with van der Waals surface area (Å²) in [5.74, 6) is 0.831. The summed E-state index contributed by atoms with van der Waals surface area (Å²) >= 11 is 1.16. The summed E-state index contributed by atoms with van der Waals surface area (Å²) in [4.78, 5) is 15.5. The Balaban J connectivity index is 1.51. The number of carbonyl (C=O) groups excluding carboxylic acids is 1. The van der Waals surface area contributed by atoms with Crippen LogP contribution in [0.2, 0.25) is 0 Å². The Labute approximate surface area is 143 Å². The Morgan fingerprint density at radius 1 is 1.38 bits per heavy atom. The molecule has 1 aliphatic heterocycles. The van der Waals surface area contributed by atoms with Crippen LogP contribution in [-0.2, 0) is 0 Å². The number of hydrogen-bond acceptors (Lipinski definition) is 5. The first-order chi connectivity index (χ1) is 11.6. The number of fused-ring (bicyclic) bond motifs is 2. The van der Waals surface area contributed by atoms with Gasteiger partial charge in [-0.1, -0.05) is 4.49 Å². The Hall–Kier alpha value is -2.02. The predicted molar refractivity (Wildman–Crippen MR) is 87.6 cm³/mol. The molecule has 1 aromatic heterocycles. The first-order valence-corrected chi connectivity index (χ1v) is 8.91. The topological polar surface area (TPSA) is 55.3 Å². The van der Waals surface area contributed by atoms with Crippen LogP contribution in [-0.4, -0.2) is 39.1 Å². The Kier molecular flexibility index (Phi) is 3.96. The summed E-state index contributed by atoms with van der Waals surface area (Å²) in [7, 11) is 0. The van der Waals surface area contributed by atoms with Gasteiger partial charge in [-0.25, -0.2) is 4.39 Å². The third kappa shape index (κ3) is 2.66. The van der Waals surface area contributed by atoms with E-state index in [4.69, 9.17) is 4.74 Å². The van der Waals surface area contributed by atoms with Gasteiger partial charge >= 0.3 is 0 Å². The smallest absolute Gasteiger partial charge is 0.268 e.